The van der Waals surface area contributed by atoms with Gasteiger partial charge in [-0.25, -0.2) is 0 Å². The Bertz CT molecular complexity index is 1530. The molecule has 2 N–H and O–H groups in total. The van der Waals surface area contributed by atoms with Gasteiger partial charge in [0.15, 0.2) is 11.0 Å². The van der Waals surface area contributed by atoms with E-state index in [4.69, 9.17) is 0 Å². The average Bonchev–Trinajstić information content (AvgIpc) is 3.40. The number of carbonyl (C=O) groups excluding carboxylic acids is 1. The molecule has 0 radical (unpaired) electrons. The number of benzene rings is 4. The standard InChI is InChI=1S/C31H27N5OS/c1-22-13-19-28(20-14-22)36-30(27-11-7-4-8-12-27)34-35-31(36)38-21-29(37)33-32-23(2)24-15-17-26(18-16-24)25-9-5-3-6-10-25/h3-20,32H,2,21H2,1H3,(H,33,37). The molecule has 0 aliphatic carbocycles. The summed E-state index contributed by atoms with van der Waals surface area (Å²) < 4.78 is 1.98. The molecule has 1 heterocycles. The number of aromatic nitrogens is 3. The highest BCUT2D eigenvalue weighted by Crippen LogP contribution is 2.28. The van der Waals surface area contributed by atoms with Crippen LogP contribution in [-0.2, 0) is 4.79 Å². The van der Waals surface area contributed by atoms with E-state index in [9.17, 15) is 4.79 Å². The molecule has 0 aliphatic rings. The van der Waals surface area contributed by atoms with Crippen LogP contribution in [-0.4, -0.2) is 26.4 Å². The topological polar surface area (TPSA) is 71.8 Å². The predicted molar refractivity (Wildman–Crippen MR) is 154 cm³/mol. The lowest BCUT2D eigenvalue weighted by molar-refractivity contribution is -0.119. The summed E-state index contributed by atoms with van der Waals surface area (Å²) in [7, 11) is 0. The summed E-state index contributed by atoms with van der Waals surface area (Å²) in [6.45, 7) is 6.10. The normalized spacial score (nSPS) is 10.7. The molecule has 5 aromatic rings. The van der Waals surface area contributed by atoms with E-state index in [1.165, 1.54) is 11.8 Å². The van der Waals surface area contributed by atoms with E-state index in [1.54, 1.807) is 0 Å². The SMILES string of the molecule is C=C(NNC(=O)CSc1nnc(-c2ccccc2)n1-c1ccc(C)cc1)c1ccc(-c2ccccc2)cc1. The van der Waals surface area contributed by atoms with Gasteiger partial charge in [0, 0.05) is 11.3 Å². The Hall–Kier alpha value is -4.62. The van der Waals surface area contributed by atoms with Crippen molar-refractivity contribution in [1.29, 1.82) is 0 Å². The number of nitrogens with one attached hydrogen (secondary N) is 2. The van der Waals surface area contributed by atoms with Crippen molar-refractivity contribution in [3.8, 4) is 28.2 Å². The number of carbonyl (C=O) groups is 1. The number of hydrogen-bond acceptors (Lipinski definition) is 5. The highest BCUT2D eigenvalue weighted by molar-refractivity contribution is 7.99. The molecule has 38 heavy (non-hydrogen) atoms. The minimum Gasteiger partial charge on any atom is -0.299 e. The number of amides is 1. The molecule has 7 heteroatoms. The van der Waals surface area contributed by atoms with E-state index in [-0.39, 0.29) is 11.7 Å². The van der Waals surface area contributed by atoms with Gasteiger partial charge in [-0.1, -0.05) is 121 Å². The molecule has 0 unspecified atom stereocenters. The summed E-state index contributed by atoms with van der Waals surface area (Å²) >= 11 is 1.32. The molecule has 0 atom stereocenters. The molecular weight excluding hydrogens is 490 g/mol. The lowest BCUT2D eigenvalue weighted by Gasteiger charge is -2.13. The van der Waals surface area contributed by atoms with E-state index in [0.29, 0.717) is 10.9 Å². The van der Waals surface area contributed by atoms with Gasteiger partial charge in [0.05, 0.1) is 11.4 Å². The highest BCUT2D eigenvalue weighted by atomic mass is 32.2. The van der Waals surface area contributed by atoms with Gasteiger partial charge in [-0.3, -0.25) is 20.2 Å². The maximum atomic E-state index is 12.7. The summed E-state index contributed by atoms with van der Waals surface area (Å²) in [6.07, 6.45) is 0. The van der Waals surface area contributed by atoms with Gasteiger partial charge in [0.25, 0.3) is 0 Å². The maximum absolute atomic E-state index is 12.7. The van der Waals surface area contributed by atoms with Gasteiger partial charge in [-0.15, -0.1) is 10.2 Å². The molecule has 0 aliphatic heterocycles. The van der Waals surface area contributed by atoms with Crippen LogP contribution in [0.1, 0.15) is 11.1 Å². The van der Waals surface area contributed by atoms with Crippen LogP contribution in [0, 0.1) is 6.92 Å². The van der Waals surface area contributed by atoms with Gasteiger partial charge < -0.3 is 0 Å². The first-order valence-electron chi connectivity index (χ1n) is 12.2. The second kappa shape index (κ2) is 11.6. The maximum Gasteiger partial charge on any atom is 0.248 e. The Morgan fingerprint density at radius 3 is 2.03 bits per heavy atom. The van der Waals surface area contributed by atoms with Crippen molar-refractivity contribution in [3.63, 3.8) is 0 Å². The molecule has 1 aromatic heterocycles. The number of aryl methyl sites for hydroxylation is 1. The molecule has 5 rings (SSSR count). The van der Waals surface area contributed by atoms with Gasteiger partial charge in [0.1, 0.15) is 0 Å². The Morgan fingerprint density at radius 2 is 1.37 bits per heavy atom. The summed E-state index contributed by atoms with van der Waals surface area (Å²) in [4.78, 5) is 12.7. The average molecular weight is 518 g/mol. The van der Waals surface area contributed by atoms with Gasteiger partial charge in [-0.05, 0) is 35.7 Å². The zero-order valence-electron chi connectivity index (χ0n) is 21.0. The van der Waals surface area contributed by atoms with Crippen molar-refractivity contribution in [2.45, 2.75) is 12.1 Å². The van der Waals surface area contributed by atoms with Crippen molar-refractivity contribution in [2.75, 3.05) is 5.75 Å². The van der Waals surface area contributed by atoms with Crippen molar-refractivity contribution >= 4 is 23.4 Å². The van der Waals surface area contributed by atoms with Crippen LogP contribution >= 0.6 is 11.8 Å². The molecule has 6 nitrogen and oxygen atoms in total. The van der Waals surface area contributed by atoms with E-state index < -0.39 is 0 Å². The molecule has 1 amide bonds. The fraction of sp³-hybridized carbons (Fsp3) is 0.0645. The van der Waals surface area contributed by atoms with Crippen LogP contribution in [0.2, 0.25) is 0 Å². The van der Waals surface area contributed by atoms with Crippen LogP contribution in [0.4, 0.5) is 0 Å². The highest BCUT2D eigenvalue weighted by Gasteiger charge is 2.17. The van der Waals surface area contributed by atoms with Crippen molar-refractivity contribution in [1.82, 2.24) is 25.6 Å². The smallest absolute Gasteiger partial charge is 0.248 e. The minimum absolute atomic E-state index is 0.159. The second-order valence-electron chi connectivity index (χ2n) is 8.73. The van der Waals surface area contributed by atoms with Crippen molar-refractivity contribution < 1.29 is 4.79 Å². The first-order chi connectivity index (χ1) is 18.6. The Kier molecular flexibility index (Phi) is 7.66. The fourth-order valence-electron chi connectivity index (χ4n) is 3.94. The summed E-state index contributed by atoms with van der Waals surface area (Å²) in [5, 5.41) is 9.47. The largest absolute Gasteiger partial charge is 0.299 e. The number of nitrogens with zero attached hydrogens (tertiary/aromatic N) is 3. The molecule has 0 saturated heterocycles. The second-order valence-corrected chi connectivity index (χ2v) is 9.67. The minimum atomic E-state index is -0.197. The third kappa shape index (κ3) is 5.85. The van der Waals surface area contributed by atoms with E-state index in [1.807, 2.05) is 109 Å². The zero-order chi connectivity index (χ0) is 26.3. The van der Waals surface area contributed by atoms with E-state index in [0.717, 1.165) is 39.3 Å². The van der Waals surface area contributed by atoms with Crippen LogP contribution in [0.15, 0.2) is 121 Å². The van der Waals surface area contributed by atoms with Crippen LogP contribution in [0.25, 0.3) is 33.9 Å². The quantitative estimate of drug-likeness (QED) is 0.178. The fourth-order valence-corrected chi connectivity index (χ4v) is 4.69. The Labute approximate surface area is 226 Å². The van der Waals surface area contributed by atoms with Crippen molar-refractivity contribution in [2.24, 2.45) is 0 Å². The first kappa shape index (κ1) is 25.0. The van der Waals surface area contributed by atoms with Gasteiger partial charge in [0.2, 0.25) is 5.91 Å². The molecular formula is C31H27N5OS. The summed E-state index contributed by atoms with van der Waals surface area (Å²) in [5.41, 5.74) is 12.5. The number of hydrazine groups is 1. The molecule has 0 saturated carbocycles. The lowest BCUT2D eigenvalue weighted by atomic mass is 10.0. The zero-order valence-corrected chi connectivity index (χ0v) is 21.8. The molecule has 0 fully saturated rings. The Balaban J connectivity index is 1.23. The number of hydrogen-bond donors (Lipinski definition) is 2. The molecule has 0 spiro atoms. The molecule has 188 valence electrons. The van der Waals surface area contributed by atoms with Crippen LogP contribution in [0.3, 0.4) is 0 Å². The summed E-state index contributed by atoms with van der Waals surface area (Å²) in [6, 6.07) is 36.3. The van der Waals surface area contributed by atoms with Crippen LogP contribution in [0.5, 0.6) is 0 Å². The monoisotopic (exact) mass is 517 g/mol. The number of rotatable bonds is 9. The lowest BCUT2D eigenvalue weighted by Crippen LogP contribution is -2.37. The first-order valence-corrected chi connectivity index (χ1v) is 13.2. The van der Waals surface area contributed by atoms with Crippen LogP contribution < -0.4 is 10.9 Å². The molecule has 0 bridgehead atoms. The molecule has 4 aromatic carbocycles. The van der Waals surface area contributed by atoms with E-state index in [2.05, 4.69) is 39.8 Å². The number of thioether (sulfide) groups is 1. The third-order valence-electron chi connectivity index (χ3n) is 5.98. The van der Waals surface area contributed by atoms with Gasteiger partial charge in [-0.2, -0.15) is 0 Å². The summed E-state index contributed by atoms with van der Waals surface area (Å²) in [5.74, 6) is 0.686. The van der Waals surface area contributed by atoms with Crippen molar-refractivity contribution in [3.05, 3.63) is 127 Å². The Morgan fingerprint density at radius 1 is 0.763 bits per heavy atom. The third-order valence-corrected chi connectivity index (χ3v) is 6.91. The van der Waals surface area contributed by atoms with Gasteiger partial charge >= 0.3 is 0 Å². The predicted octanol–water partition coefficient (Wildman–Crippen LogP) is 6.29. The van der Waals surface area contributed by atoms with E-state index >= 15 is 0 Å².